The van der Waals surface area contributed by atoms with Gasteiger partial charge in [-0.3, -0.25) is 4.99 Å². The van der Waals surface area contributed by atoms with Gasteiger partial charge in [-0.15, -0.1) is 24.0 Å². The third-order valence-corrected chi connectivity index (χ3v) is 5.07. The molecule has 0 bridgehead atoms. The zero-order valence-corrected chi connectivity index (χ0v) is 19.7. The van der Waals surface area contributed by atoms with Gasteiger partial charge < -0.3 is 24.5 Å². The van der Waals surface area contributed by atoms with Crippen LogP contribution in [0.3, 0.4) is 0 Å². The zero-order valence-electron chi connectivity index (χ0n) is 16.7. The van der Waals surface area contributed by atoms with Gasteiger partial charge in [-0.05, 0) is 42.7 Å². The van der Waals surface area contributed by atoms with Gasteiger partial charge in [-0.1, -0.05) is 17.7 Å². The van der Waals surface area contributed by atoms with Crippen molar-refractivity contribution in [3.63, 3.8) is 0 Å². The Labute approximate surface area is 194 Å². The van der Waals surface area contributed by atoms with Crippen LogP contribution in [0.25, 0.3) is 0 Å². The molecule has 2 heterocycles. The molecule has 1 saturated heterocycles. The first-order chi connectivity index (χ1) is 13.7. The fourth-order valence-corrected chi connectivity index (χ4v) is 3.32. The van der Waals surface area contributed by atoms with E-state index in [1.807, 2.05) is 30.3 Å². The van der Waals surface area contributed by atoms with Crippen molar-refractivity contribution < 1.29 is 13.9 Å². The van der Waals surface area contributed by atoms with Crippen molar-refractivity contribution in [3.8, 4) is 5.75 Å². The highest BCUT2D eigenvalue weighted by Gasteiger charge is 2.15. The van der Waals surface area contributed by atoms with E-state index >= 15 is 0 Å². The standard InChI is InChI=1S/C21H28ClN3O3.HI/c1-26-19-5-4-17(20(22)13-19)6-9-23-21(25-14-16-8-12-27-15-16)24-10-7-18-3-2-11-28-18;/h2-5,11,13,16H,6-10,12,14-15H2,1H3,(H2,23,24,25);1H. The topological polar surface area (TPSA) is 68.0 Å². The van der Waals surface area contributed by atoms with Gasteiger partial charge in [0, 0.05) is 43.6 Å². The molecular weight excluding hydrogens is 505 g/mol. The summed E-state index contributed by atoms with van der Waals surface area (Å²) in [7, 11) is 1.64. The molecule has 0 amide bonds. The maximum absolute atomic E-state index is 6.33. The second-order valence-corrected chi connectivity index (χ2v) is 7.22. The highest BCUT2D eigenvalue weighted by atomic mass is 127. The number of furan rings is 1. The van der Waals surface area contributed by atoms with E-state index in [0.29, 0.717) is 10.9 Å². The number of benzene rings is 1. The van der Waals surface area contributed by atoms with E-state index in [-0.39, 0.29) is 24.0 Å². The summed E-state index contributed by atoms with van der Waals surface area (Å²) in [5, 5.41) is 7.51. The Morgan fingerprint density at radius 1 is 1.24 bits per heavy atom. The van der Waals surface area contributed by atoms with E-state index < -0.39 is 0 Å². The smallest absolute Gasteiger partial charge is 0.191 e. The van der Waals surface area contributed by atoms with Crippen LogP contribution in [0, 0.1) is 5.92 Å². The normalized spacial score (nSPS) is 16.3. The van der Waals surface area contributed by atoms with E-state index in [2.05, 4.69) is 10.6 Å². The predicted molar refractivity (Wildman–Crippen MR) is 127 cm³/mol. The fraction of sp³-hybridized carbons (Fsp3) is 0.476. The average molecular weight is 534 g/mol. The molecule has 0 spiro atoms. The number of ether oxygens (including phenoxy) is 2. The molecule has 8 heteroatoms. The Morgan fingerprint density at radius 3 is 2.72 bits per heavy atom. The van der Waals surface area contributed by atoms with Gasteiger partial charge in [0.15, 0.2) is 5.96 Å². The third kappa shape index (κ3) is 8.06. The predicted octanol–water partition coefficient (Wildman–Crippen LogP) is 3.92. The molecule has 160 valence electrons. The minimum Gasteiger partial charge on any atom is -0.497 e. The van der Waals surface area contributed by atoms with E-state index in [1.165, 1.54) is 0 Å². The summed E-state index contributed by atoms with van der Waals surface area (Å²) in [6, 6.07) is 9.65. The quantitative estimate of drug-likeness (QED) is 0.291. The van der Waals surface area contributed by atoms with Crippen LogP contribution >= 0.6 is 35.6 Å². The number of nitrogens with zero attached hydrogens (tertiary/aromatic N) is 1. The van der Waals surface area contributed by atoms with Gasteiger partial charge in [0.25, 0.3) is 0 Å². The Bertz CT molecular complexity index is 750. The minimum atomic E-state index is 0. The largest absolute Gasteiger partial charge is 0.497 e. The van der Waals surface area contributed by atoms with Crippen LogP contribution in [-0.4, -0.2) is 45.9 Å². The molecule has 6 nitrogen and oxygen atoms in total. The van der Waals surface area contributed by atoms with Gasteiger partial charge in [0.2, 0.25) is 0 Å². The van der Waals surface area contributed by atoms with Crippen LogP contribution < -0.4 is 15.4 Å². The lowest BCUT2D eigenvalue weighted by atomic mass is 10.1. The Kier molecular flexibility index (Phi) is 10.7. The highest BCUT2D eigenvalue weighted by molar-refractivity contribution is 14.0. The van der Waals surface area contributed by atoms with Crippen molar-refractivity contribution in [2.24, 2.45) is 10.9 Å². The number of nitrogens with one attached hydrogen (secondary N) is 2. The fourth-order valence-electron chi connectivity index (χ4n) is 3.05. The average Bonchev–Trinajstić information content (AvgIpc) is 3.41. The molecule has 2 aromatic rings. The summed E-state index contributed by atoms with van der Waals surface area (Å²) < 4.78 is 16.0. The zero-order chi connectivity index (χ0) is 19.6. The SMILES string of the molecule is COc1ccc(CCNC(=NCC2CCOC2)NCCc2ccco2)c(Cl)c1.I. The molecule has 1 aliphatic rings. The van der Waals surface area contributed by atoms with Crippen molar-refractivity contribution in [2.75, 3.05) is 40.0 Å². The lowest BCUT2D eigenvalue weighted by molar-refractivity contribution is 0.187. The van der Waals surface area contributed by atoms with Crippen LogP contribution in [0.2, 0.25) is 5.02 Å². The van der Waals surface area contributed by atoms with Crippen LogP contribution in [0.15, 0.2) is 46.0 Å². The van der Waals surface area contributed by atoms with Gasteiger partial charge in [0.1, 0.15) is 11.5 Å². The molecule has 1 aromatic carbocycles. The van der Waals surface area contributed by atoms with E-state index in [0.717, 1.165) is 75.1 Å². The number of aliphatic imine (C=N–C) groups is 1. The summed E-state index contributed by atoms with van der Waals surface area (Å²) in [6.07, 6.45) is 4.38. The summed E-state index contributed by atoms with van der Waals surface area (Å²) in [6.45, 7) is 3.89. The van der Waals surface area contributed by atoms with Gasteiger partial charge in [-0.25, -0.2) is 0 Å². The van der Waals surface area contributed by atoms with Gasteiger partial charge >= 0.3 is 0 Å². The molecule has 1 atom stereocenters. The number of methoxy groups -OCH3 is 1. The summed E-state index contributed by atoms with van der Waals surface area (Å²) in [5.74, 6) is 3.03. The molecule has 1 aliphatic heterocycles. The number of rotatable bonds is 9. The van der Waals surface area contributed by atoms with Crippen LogP contribution in [-0.2, 0) is 17.6 Å². The van der Waals surface area contributed by atoms with Crippen LogP contribution in [0.5, 0.6) is 5.75 Å². The second kappa shape index (κ2) is 13.0. The van der Waals surface area contributed by atoms with Gasteiger partial charge in [0.05, 0.1) is 20.0 Å². The molecule has 1 fully saturated rings. The third-order valence-electron chi connectivity index (χ3n) is 4.72. The summed E-state index contributed by atoms with van der Waals surface area (Å²) in [4.78, 5) is 4.74. The Morgan fingerprint density at radius 2 is 2.07 bits per heavy atom. The van der Waals surface area contributed by atoms with Crippen molar-refractivity contribution in [3.05, 3.63) is 52.9 Å². The maximum atomic E-state index is 6.33. The van der Waals surface area contributed by atoms with Crippen molar-refractivity contribution >= 4 is 41.5 Å². The van der Waals surface area contributed by atoms with Crippen molar-refractivity contribution in [1.29, 1.82) is 0 Å². The van der Waals surface area contributed by atoms with Crippen molar-refractivity contribution in [1.82, 2.24) is 10.6 Å². The molecule has 0 aliphatic carbocycles. The highest BCUT2D eigenvalue weighted by Crippen LogP contribution is 2.22. The molecule has 1 aromatic heterocycles. The Hall–Kier alpha value is -1.45. The Balaban J connectivity index is 0.00000300. The minimum absolute atomic E-state index is 0. The lowest BCUT2D eigenvalue weighted by Crippen LogP contribution is -2.39. The van der Waals surface area contributed by atoms with Crippen molar-refractivity contribution in [2.45, 2.75) is 19.3 Å². The molecule has 0 saturated carbocycles. The molecule has 0 radical (unpaired) electrons. The monoisotopic (exact) mass is 533 g/mol. The van der Waals surface area contributed by atoms with E-state index in [9.17, 15) is 0 Å². The van der Waals surface area contributed by atoms with Crippen LogP contribution in [0.4, 0.5) is 0 Å². The number of guanidine groups is 1. The molecular formula is C21H29ClIN3O3. The first-order valence-corrected chi connectivity index (χ1v) is 10.1. The molecule has 29 heavy (non-hydrogen) atoms. The first kappa shape index (κ1) is 23.8. The maximum Gasteiger partial charge on any atom is 0.191 e. The summed E-state index contributed by atoms with van der Waals surface area (Å²) in [5.41, 5.74) is 1.08. The lowest BCUT2D eigenvalue weighted by Gasteiger charge is -2.14. The molecule has 2 N–H and O–H groups in total. The van der Waals surface area contributed by atoms with Crippen LogP contribution in [0.1, 0.15) is 17.7 Å². The molecule has 1 unspecified atom stereocenters. The van der Waals surface area contributed by atoms with E-state index in [4.69, 9.17) is 30.5 Å². The van der Waals surface area contributed by atoms with E-state index in [1.54, 1.807) is 13.4 Å². The number of halogens is 2. The van der Waals surface area contributed by atoms with Gasteiger partial charge in [-0.2, -0.15) is 0 Å². The second-order valence-electron chi connectivity index (χ2n) is 6.81. The number of hydrogen-bond donors (Lipinski definition) is 2. The molecule has 3 rings (SSSR count). The first-order valence-electron chi connectivity index (χ1n) is 9.69. The number of hydrogen-bond acceptors (Lipinski definition) is 4. The summed E-state index contributed by atoms with van der Waals surface area (Å²) >= 11 is 6.33.